The van der Waals surface area contributed by atoms with E-state index in [0.717, 1.165) is 30.2 Å². The third kappa shape index (κ3) is 4.60. The van der Waals surface area contributed by atoms with Crippen LogP contribution in [0.15, 0.2) is 41.3 Å². The third-order valence-corrected chi connectivity index (χ3v) is 7.59. The van der Waals surface area contributed by atoms with Crippen LogP contribution < -0.4 is 10.2 Å². The summed E-state index contributed by atoms with van der Waals surface area (Å²) in [4.78, 5) is 26.6. The van der Waals surface area contributed by atoms with Crippen molar-refractivity contribution in [2.75, 3.05) is 16.0 Å². The lowest BCUT2D eigenvalue weighted by Gasteiger charge is -2.22. The van der Waals surface area contributed by atoms with Gasteiger partial charge in [0.2, 0.25) is 11.8 Å². The molecule has 0 unspecified atom stereocenters. The van der Waals surface area contributed by atoms with Crippen molar-refractivity contribution >= 4 is 44.6 Å². The zero-order chi connectivity index (χ0) is 22.3. The Kier molecular flexibility index (Phi) is 5.79. The molecule has 1 N–H and O–H groups in total. The van der Waals surface area contributed by atoms with E-state index in [1.54, 1.807) is 17.0 Å². The van der Waals surface area contributed by atoms with Crippen LogP contribution in [-0.4, -0.2) is 32.0 Å². The number of carbonyl (C=O) groups excluding carboxylic acids is 2. The fraction of sp³-hybridized carbons (Fsp3) is 0.364. The topological polar surface area (TPSA) is 83.6 Å². The number of rotatable bonds is 6. The zero-order valence-corrected chi connectivity index (χ0v) is 18.5. The quantitative estimate of drug-likeness (QED) is 0.701. The predicted molar refractivity (Wildman–Crippen MR) is 117 cm³/mol. The molecule has 2 aromatic carbocycles. The van der Waals surface area contributed by atoms with E-state index in [4.69, 9.17) is 11.6 Å². The molecule has 0 aromatic heterocycles. The first kappa shape index (κ1) is 21.8. The molecule has 1 atom stereocenters. The van der Waals surface area contributed by atoms with E-state index in [0.29, 0.717) is 12.1 Å². The molecular weight excluding hydrogens is 443 g/mol. The molecular formula is C22H22ClFN2O4S. The Morgan fingerprint density at radius 3 is 2.61 bits per heavy atom. The predicted octanol–water partition coefficient (Wildman–Crippen LogP) is 3.97. The number of halogens is 2. The van der Waals surface area contributed by atoms with Crippen molar-refractivity contribution in [3.63, 3.8) is 0 Å². The lowest BCUT2D eigenvalue weighted by molar-refractivity contribution is -0.120. The van der Waals surface area contributed by atoms with Gasteiger partial charge >= 0.3 is 0 Å². The number of benzene rings is 2. The number of nitrogens with zero attached hydrogens (tertiary/aromatic N) is 1. The van der Waals surface area contributed by atoms with Crippen LogP contribution in [0.2, 0.25) is 5.02 Å². The maximum Gasteiger partial charge on any atom is 0.230 e. The molecule has 31 heavy (non-hydrogen) atoms. The number of hydrogen-bond donors (Lipinski definition) is 1. The molecule has 9 heteroatoms. The van der Waals surface area contributed by atoms with Gasteiger partial charge in [0.25, 0.3) is 0 Å². The van der Waals surface area contributed by atoms with Crippen molar-refractivity contribution in [1.29, 1.82) is 0 Å². The van der Waals surface area contributed by atoms with Gasteiger partial charge in [-0.2, -0.15) is 0 Å². The second-order valence-corrected chi connectivity index (χ2v) is 10.6. The minimum Gasteiger partial charge on any atom is -0.326 e. The van der Waals surface area contributed by atoms with Crippen LogP contribution in [0.3, 0.4) is 0 Å². The molecule has 4 rings (SSSR count). The molecule has 1 aliphatic heterocycles. The van der Waals surface area contributed by atoms with E-state index in [1.807, 2.05) is 6.92 Å². The average Bonchev–Trinajstić information content (AvgIpc) is 3.51. The first-order valence-corrected chi connectivity index (χ1v) is 12.1. The molecule has 1 heterocycles. The van der Waals surface area contributed by atoms with Crippen LogP contribution in [0, 0.1) is 11.7 Å². The second kappa shape index (κ2) is 8.24. The van der Waals surface area contributed by atoms with Crippen LogP contribution in [-0.2, 0) is 25.8 Å². The van der Waals surface area contributed by atoms with E-state index < -0.39 is 21.6 Å². The van der Waals surface area contributed by atoms with E-state index in [9.17, 15) is 22.4 Å². The van der Waals surface area contributed by atoms with Gasteiger partial charge in [0.15, 0.2) is 9.84 Å². The molecule has 2 amide bonds. The standard InChI is InChI=1S/C22H22ClFN2O4S/c1-13-10-15-11-17(5-7-20(15)26(13)22(28)14-2-3-14)31(29,30)9-8-21(27)25-16-4-6-19(24)18(23)12-16/h4-7,11-14H,2-3,8-10H2,1H3,(H,25,27)/t13-/m0/s1. The van der Waals surface area contributed by atoms with E-state index >= 15 is 0 Å². The van der Waals surface area contributed by atoms with Gasteiger partial charge in [-0.1, -0.05) is 11.6 Å². The van der Waals surface area contributed by atoms with E-state index in [1.165, 1.54) is 18.2 Å². The highest BCUT2D eigenvalue weighted by molar-refractivity contribution is 7.91. The Labute approximate surface area is 185 Å². The Balaban J connectivity index is 1.43. The maximum atomic E-state index is 13.2. The highest BCUT2D eigenvalue weighted by atomic mass is 35.5. The van der Waals surface area contributed by atoms with E-state index in [-0.39, 0.29) is 40.0 Å². The zero-order valence-electron chi connectivity index (χ0n) is 16.9. The normalized spacial score (nSPS) is 18.0. The van der Waals surface area contributed by atoms with Crippen molar-refractivity contribution in [1.82, 2.24) is 0 Å². The first-order chi connectivity index (χ1) is 14.7. The van der Waals surface area contributed by atoms with Gasteiger partial charge in [-0.25, -0.2) is 12.8 Å². The van der Waals surface area contributed by atoms with Crippen molar-refractivity contribution in [3.8, 4) is 0 Å². The molecule has 1 aliphatic carbocycles. The molecule has 0 bridgehead atoms. The van der Waals surface area contributed by atoms with Gasteiger partial charge in [-0.15, -0.1) is 0 Å². The summed E-state index contributed by atoms with van der Waals surface area (Å²) in [6.45, 7) is 1.96. The largest absolute Gasteiger partial charge is 0.326 e. The molecule has 2 aromatic rings. The number of hydrogen-bond acceptors (Lipinski definition) is 4. The van der Waals surface area contributed by atoms with Crippen LogP contribution in [0.5, 0.6) is 0 Å². The number of amides is 2. The summed E-state index contributed by atoms with van der Waals surface area (Å²) in [5.74, 6) is -1.29. The SMILES string of the molecule is C[C@H]1Cc2cc(S(=O)(=O)CCC(=O)Nc3ccc(F)c(Cl)c3)ccc2N1C(=O)C1CC1. The fourth-order valence-electron chi connectivity index (χ4n) is 3.81. The minimum absolute atomic E-state index is 0.00522. The maximum absolute atomic E-state index is 13.2. The Morgan fingerprint density at radius 2 is 1.94 bits per heavy atom. The molecule has 0 spiro atoms. The molecule has 164 valence electrons. The molecule has 0 saturated heterocycles. The molecule has 0 radical (unpaired) electrons. The van der Waals surface area contributed by atoms with Crippen LogP contribution in [0.1, 0.15) is 31.7 Å². The number of fused-ring (bicyclic) bond motifs is 1. The van der Waals surface area contributed by atoms with Gasteiger partial charge < -0.3 is 10.2 Å². The lowest BCUT2D eigenvalue weighted by Crippen LogP contribution is -2.36. The smallest absolute Gasteiger partial charge is 0.230 e. The number of nitrogens with one attached hydrogen (secondary N) is 1. The number of anilines is 2. The number of carbonyl (C=O) groups is 2. The molecule has 2 aliphatic rings. The highest BCUT2D eigenvalue weighted by Gasteiger charge is 2.39. The average molecular weight is 465 g/mol. The first-order valence-electron chi connectivity index (χ1n) is 10.1. The summed E-state index contributed by atoms with van der Waals surface area (Å²) < 4.78 is 38.8. The summed E-state index contributed by atoms with van der Waals surface area (Å²) in [6.07, 6.45) is 2.17. The van der Waals surface area contributed by atoms with Gasteiger partial charge in [0.05, 0.1) is 15.7 Å². The van der Waals surface area contributed by atoms with Crippen LogP contribution in [0.4, 0.5) is 15.8 Å². The Morgan fingerprint density at radius 1 is 1.19 bits per heavy atom. The minimum atomic E-state index is -3.69. The van der Waals surface area contributed by atoms with Crippen LogP contribution >= 0.6 is 11.6 Å². The van der Waals surface area contributed by atoms with Gasteiger partial charge in [-0.3, -0.25) is 9.59 Å². The van der Waals surface area contributed by atoms with Crippen molar-refractivity contribution in [2.45, 2.75) is 43.5 Å². The fourth-order valence-corrected chi connectivity index (χ4v) is 5.27. The summed E-state index contributed by atoms with van der Waals surface area (Å²) in [5, 5.41) is 2.39. The summed E-state index contributed by atoms with van der Waals surface area (Å²) in [5.41, 5.74) is 1.89. The van der Waals surface area contributed by atoms with Crippen molar-refractivity contribution in [3.05, 3.63) is 52.8 Å². The Bertz CT molecular complexity index is 1160. The van der Waals surface area contributed by atoms with Gasteiger partial charge in [0, 0.05) is 29.8 Å². The number of sulfone groups is 1. The lowest BCUT2D eigenvalue weighted by atomic mass is 10.1. The van der Waals surface area contributed by atoms with E-state index in [2.05, 4.69) is 5.32 Å². The van der Waals surface area contributed by atoms with Crippen LogP contribution in [0.25, 0.3) is 0 Å². The van der Waals surface area contributed by atoms with Crippen molar-refractivity contribution in [2.24, 2.45) is 5.92 Å². The molecule has 6 nitrogen and oxygen atoms in total. The Hall–Kier alpha value is -2.45. The monoisotopic (exact) mass is 464 g/mol. The summed E-state index contributed by atoms with van der Waals surface area (Å²) in [7, 11) is -3.69. The van der Waals surface area contributed by atoms with Gasteiger partial charge in [-0.05, 0) is 68.1 Å². The van der Waals surface area contributed by atoms with Crippen molar-refractivity contribution < 1.29 is 22.4 Å². The van der Waals surface area contributed by atoms with Gasteiger partial charge in [0.1, 0.15) is 5.82 Å². The highest BCUT2D eigenvalue weighted by Crippen LogP contribution is 2.39. The summed E-state index contributed by atoms with van der Waals surface area (Å²) in [6, 6.07) is 8.53. The third-order valence-electron chi connectivity index (χ3n) is 5.59. The molecule has 1 fully saturated rings. The second-order valence-electron chi connectivity index (χ2n) is 8.07. The summed E-state index contributed by atoms with van der Waals surface area (Å²) >= 11 is 5.69. The molecule has 1 saturated carbocycles.